The van der Waals surface area contributed by atoms with E-state index in [0.29, 0.717) is 10.8 Å². The van der Waals surface area contributed by atoms with Crippen LogP contribution in [0, 0.1) is 0 Å². The van der Waals surface area contributed by atoms with Gasteiger partial charge in [0.1, 0.15) is 10.8 Å². The lowest BCUT2D eigenvalue weighted by atomic mass is 10.2. The van der Waals surface area contributed by atoms with Crippen LogP contribution >= 0.6 is 22.9 Å². The Bertz CT molecular complexity index is 530. The van der Waals surface area contributed by atoms with E-state index in [1.165, 1.54) is 11.3 Å². The predicted octanol–water partition coefficient (Wildman–Crippen LogP) is 3.69. The van der Waals surface area contributed by atoms with Crippen molar-refractivity contribution in [3.63, 3.8) is 0 Å². The first kappa shape index (κ1) is 13.1. The molecule has 0 saturated heterocycles. The molecule has 1 heterocycles. The van der Waals surface area contributed by atoms with E-state index in [1.54, 1.807) is 7.11 Å². The van der Waals surface area contributed by atoms with Gasteiger partial charge in [0.25, 0.3) is 0 Å². The molecular formula is C12H14ClN3OS. The fourth-order valence-electron chi connectivity index (χ4n) is 1.44. The van der Waals surface area contributed by atoms with Crippen LogP contribution in [0.2, 0.25) is 5.02 Å². The summed E-state index contributed by atoms with van der Waals surface area (Å²) in [5.41, 5.74) is 0.947. The summed E-state index contributed by atoms with van der Waals surface area (Å²) < 4.78 is 5.12. The molecule has 0 amide bonds. The van der Waals surface area contributed by atoms with E-state index in [-0.39, 0.29) is 0 Å². The fourth-order valence-corrected chi connectivity index (χ4v) is 2.47. The predicted molar refractivity (Wildman–Crippen MR) is 75.7 cm³/mol. The van der Waals surface area contributed by atoms with E-state index < -0.39 is 0 Å². The molecule has 6 heteroatoms. The molecule has 4 nitrogen and oxygen atoms in total. The molecule has 18 heavy (non-hydrogen) atoms. The normalized spacial score (nSPS) is 10.4. The molecular weight excluding hydrogens is 270 g/mol. The van der Waals surface area contributed by atoms with Crippen molar-refractivity contribution in [1.29, 1.82) is 0 Å². The summed E-state index contributed by atoms with van der Waals surface area (Å²) >= 11 is 7.60. The molecule has 0 bridgehead atoms. The lowest BCUT2D eigenvalue weighted by Crippen LogP contribution is -1.98. The monoisotopic (exact) mass is 283 g/mol. The summed E-state index contributed by atoms with van der Waals surface area (Å²) in [5, 5.41) is 13.7. The zero-order valence-electron chi connectivity index (χ0n) is 10.2. The average molecular weight is 284 g/mol. The fraction of sp³-hybridized carbons (Fsp3) is 0.333. The van der Waals surface area contributed by atoms with Crippen LogP contribution in [0.1, 0.15) is 13.3 Å². The van der Waals surface area contributed by atoms with Crippen molar-refractivity contribution in [1.82, 2.24) is 10.2 Å². The van der Waals surface area contributed by atoms with Crippen molar-refractivity contribution >= 4 is 28.1 Å². The number of hydrogen-bond acceptors (Lipinski definition) is 5. The minimum Gasteiger partial charge on any atom is -0.495 e. The van der Waals surface area contributed by atoms with Crippen LogP contribution < -0.4 is 10.1 Å². The van der Waals surface area contributed by atoms with Gasteiger partial charge in [0.2, 0.25) is 5.13 Å². The highest BCUT2D eigenvalue weighted by Gasteiger charge is 2.08. The third-order valence-electron chi connectivity index (χ3n) is 2.35. The van der Waals surface area contributed by atoms with Gasteiger partial charge in [-0.05, 0) is 24.6 Å². The van der Waals surface area contributed by atoms with E-state index in [1.807, 2.05) is 18.2 Å². The second-order valence-corrected chi connectivity index (χ2v) is 5.07. The Labute approximate surface area is 115 Å². The largest absolute Gasteiger partial charge is 0.495 e. The van der Waals surface area contributed by atoms with Gasteiger partial charge in [-0.1, -0.05) is 29.9 Å². The molecule has 1 aromatic heterocycles. The van der Waals surface area contributed by atoms with Crippen molar-refractivity contribution in [2.24, 2.45) is 0 Å². The molecule has 0 fully saturated rings. The molecule has 0 aliphatic heterocycles. The second kappa shape index (κ2) is 6.02. The number of aromatic nitrogens is 2. The highest BCUT2D eigenvalue weighted by molar-refractivity contribution is 7.18. The number of methoxy groups -OCH3 is 1. The van der Waals surface area contributed by atoms with Gasteiger partial charge in [0, 0.05) is 12.1 Å². The number of anilines is 1. The van der Waals surface area contributed by atoms with Gasteiger partial charge in [-0.25, -0.2) is 0 Å². The van der Waals surface area contributed by atoms with Crippen LogP contribution in [0.5, 0.6) is 5.75 Å². The standard InChI is InChI=1S/C12H14ClN3OS/c1-3-6-14-12-16-15-11(18-12)8-4-5-10(17-2)9(13)7-8/h4-5,7H,3,6H2,1-2H3,(H,14,16). The molecule has 0 aliphatic carbocycles. The molecule has 2 aromatic rings. The van der Waals surface area contributed by atoms with Crippen molar-refractivity contribution in [2.45, 2.75) is 13.3 Å². The smallest absolute Gasteiger partial charge is 0.206 e. The Kier molecular flexibility index (Phi) is 4.38. The van der Waals surface area contributed by atoms with Gasteiger partial charge in [0.15, 0.2) is 0 Å². The maximum atomic E-state index is 6.09. The topological polar surface area (TPSA) is 47.0 Å². The highest BCUT2D eigenvalue weighted by atomic mass is 35.5. The molecule has 1 N–H and O–H groups in total. The Hall–Kier alpha value is -1.33. The van der Waals surface area contributed by atoms with Gasteiger partial charge in [-0.3, -0.25) is 0 Å². The number of benzene rings is 1. The third kappa shape index (κ3) is 2.91. The quantitative estimate of drug-likeness (QED) is 0.909. The minimum atomic E-state index is 0.577. The summed E-state index contributed by atoms with van der Waals surface area (Å²) in [5.74, 6) is 0.661. The first-order chi connectivity index (χ1) is 8.74. The van der Waals surface area contributed by atoms with Crippen LogP contribution in [-0.2, 0) is 0 Å². The van der Waals surface area contributed by atoms with Gasteiger partial charge in [0.05, 0.1) is 12.1 Å². The van der Waals surface area contributed by atoms with E-state index in [9.17, 15) is 0 Å². The van der Waals surface area contributed by atoms with Crippen molar-refractivity contribution in [3.05, 3.63) is 23.2 Å². The third-order valence-corrected chi connectivity index (χ3v) is 3.58. The van der Waals surface area contributed by atoms with Crippen LogP contribution in [0.15, 0.2) is 18.2 Å². The van der Waals surface area contributed by atoms with Crippen molar-refractivity contribution in [3.8, 4) is 16.3 Å². The lowest BCUT2D eigenvalue weighted by molar-refractivity contribution is 0.415. The Morgan fingerprint density at radius 3 is 2.89 bits per heavy atom. The Balaban J connectivity index is 2.20. The molecule has 0 radical (unpaired) electrons. The molecule has 2 rings (SSSR count). The van der Waals surface area contributed by atoms with Crippen LogP contribution in [0.4, 0.5) is 5.13 Å². The maximum absolute atomic E-state index is 6.09. The maximum Gasteiger partial charge on any atom is 0.206 e. The number of nitrogens with zero attached hydrogens (tertiary/aromatic N) is 2. The SMILES string of the molecule is CCCNc1nnc(-c2ccc(OC)c(Cl)c2)s1. The first-order valence-corrected chi connectivity index (χ1v) is 6.85. The summed E-state index contributed by atoms with van der Waals surface area (Å²) in [6.07, 6.45) is 1.06. The molecule has 0 unspecified atom stereocenters. The van der Waals surface area contributed by atoms with E-state index in [0.717, 1.165) is 28.7 Å². The second-order valence-electron chi connectivity index (χ2n) is 3.69. The molecule has 0 atom stereocenters. The van der Waals surface area contributed by atoms with E-state index >= 15 is 0 Å². The van der Waals surface area contributed by atoms with Crippen LogP contribution in [-0.4, -0.2) is 23.9 Å². The summed E-state index contributed by atoms with van der Waals surface area (Å²) in [7, 11) is 1.60. The van der Waals surface area contributed by atoms with E-state index in [2.05, 4.69) is 22.4 Å². The van der Waals surface area contributed by atoms with Crippen molar-refractivity contribution < 1.29 is 4.74 Å². The number of rotatable bonds is 5. The zero-order valence-corrected chi connectivity index (χ0v) is 11.8. The number of nitrogens with one attached hydrogen (secondary N) is 1. The highest BCUT2D eigenvalue weighted by Crippen LogP contribution is 2.32. The number of halogens is 1. The summed E-state index contributed by atoms with van der Waals surface area (Å²) in [6, 6.07) is 5.59. The lowest BCUT2D eigenvalue weighted by Gasteiger charge is -2.03. The average Bonchev–Trinajstić information content (AvgIpc) is 2.85. The molecule has 0 aliphatic rings. The van der Waals surface area contributed by atoms with Crippen LogP contribution in [0.25, 0.3) is 10.6 Å². The number of ether oxygens (including phenoxy) is 1. The van der Waals surface area contributed by atoms with Crippen molar-refractivity contribution in [2.75, 3.05) is 19.0 Å². The molecule has 96 valence electrons. The van der Waals surface area contributed by atoms with Crippen LogP contribution in [0.3, 0.4) is 0 Å². The van der Waals surface area contributed by atoms with Gasteiger partial charge >= 0.3 is 0 Å². The number of hydrogen-bond donors (Lipinski definition) is 1. The van der Waals surface area contributed by atoms with E-state index in [4.69, 9.17) is 16.3 Å². The first-order valence-electron chi connectivity index (χ1n) is 5.66. The Morgan fingerprint density at radius 2 is 2.22 bits per heavy atom. The molecule has 0 spiro atoms. The minimum absolute atomic E-state index is 0.577. The summed E-state index contributed by atoms with van der Waals surface area (Å²) in [6.45, 7) is 3.01. The Morgan fingerprint density at radius 1 is 1.39 bits per heavy atom. The van der Waals surface area contributed by atoms with Gasteiger partial charge in [-0.2, -0.15) is 0 Å². The summed E-state index contributed by atoms with van der Waals surface area (Å²) in [4.78, 5) is 0. The van der Waals surface area contributed by atoms with Gasteiger partial charge in [-0.15, -0.1) is 10.2 Å². The molecule has 0 saturated carbocycles. The zero-order chi connectivity index (χ0) is 13.0. The molecule has 1 aromatic carbocycles. The van der Waals surface area contributed by atoms with Gasteiger partial charge < -0.3 is 10.1 Å².